The number of halogens is 1. The fourth-order valence-electron chi connectivity index (χ4n) is 4.74. The zero-order chi connectivity index (χ0) is 22.7. The van der Waals surface area contributed by atoms with Crippen LogP contribution < -0.4 is 10.5 Å². The SMILES string of the molecule is CNCC1Cc2ccc(CCCn3cc(S(N)(=O)=O)cn3)cc2C1Cc1cccc(F)c1. The van der Waals surface area contributed by atoms with Gasteiger partial charge in [0.1, 0.15) is 10.7 Å². The second-order valence-electron chi connectivity index (χ2n) is 8.58. The molecule has 1 aromatic heterocycles. The summed E-state index contributed by atoms with van der Waals surface area (Å²) in [5, 5.41) is 12.5. The zero-order valence-corrected chi connectivity index (χ0v) is 19.0. The van der Waals surface area contributed by atoms with E-state index in [2.05, 4.69) is 28.6 Å². The number of aromatic nitrogens is 2. The lowest BCUT2D eigenvalue weighted by molar-refractivity contribution is 0.435. The average Bonchev–Trinajstić information content (AvgIpc) is 3.34. The highest BCUT2D eigenvalue weighted by Gasteiger charge is 2.32. The Morgan fingerprint density at radius 3 is 2.78 bits per heavy atom. The van der Waals surface area contributed by atoms with E-state index in [0.29, 0.717) is 18.4 Å². The maximum atomic E-state index is 13.7. The molecule has 4 rings (SSSR count). The standard InChI is InChI=1S/C24H29FN4O2S/c1-27-14-20-13-19-8-7-17(5-3-9-29-16-22(15-28-29)32(26,30)31)11-23(19)24(20)12-18-4-2-6-21(25)10-18/h2,4,6-8,10-11,15-16,20,24,27H,3,5,9,12-14H2,1H3,(H2,26,30,31). The summed E-state index contributed by atoms with van der Waals surface area (Å²) < 4.78 is 38.2. The summed E-state index contributed by atoms with van der Waals surface area (Å²) in [6, 6.07) is 13.6. The highest BCUT2D eigenvalue weighted by atomic mass is 32.2. The van der Waals surface area contributed by atoms with Crippen molar-refractivity contribution in [3.63, 3.8) is 0 Å². The van der Waals surface area contributed by atoms with Crippen molar-refractivity contribution in [3.05, 3.63) is 82.9 Å². The molecule has 170 valence electrons. The molecule has 1 aliphatic carbocycles. The van der Waals surface area contributed by atoms with Crippen LogP contribution in [-0.4, -0.2) is 31.8 Å². The molecule has 8 heteroatoms. The van der Waals surface area contributed by atoms with Gasteiger partial charge in [-0.25, -0.2) is 17.9 Å². The summed E-state index contributed by atoms with van der Waals surface area (Å²) >= 11 is 0. The van der Waals surface area contributed by atoms with E-state index in [-0.39, 0.29) is 10.7 Å². The first kappa shape index (κ1) is 22.6. The zero-order valence-electron chi connectivity index (χ0n) is 18.2. The summed E-state index contributed by atoms with van der Waals surface area (Å²) in [5.41, 5.74) is 5.01. The van der Waals surface area contributed by atoms with E-state index in [1.54, 1.807) is 16.8 Å². The quantitative estimate of drug-likeness (QED) is 0.518. The van der Waals surface area contributed by atoms with Crippen LogP contribution in [0.15, 0.2) is 59.8 Å². The molecule has 1 aliphatic rings. The van der Waals surface area contributed by atoms with E-state index in [0.717, 1.165) is 37.8 Å². The predicted molar refractivity (Wildman–Crippen MR) is 122 cm³/mol. The van der Waals surface area contributed by atoms with Crippen LogP contribution in [0.3, 0.4) is 0 Å². The third kappa shape index (κ3) is 5.26. The predicted octanol–water partition coefficient (Wildman–Crippen LogP) is 3.02. The fourth-order valence-corrected chi connectivity index (χ4v) is 5.20. The molecular weight excluding hydrogens is 427 g/mol. The smallest absolute Gasteiger partial charge is 0.241 e. The Morgan fingerprint density at radius 1 is 1.22 bits per heavy atom. The van der Waals surface area contributed by atoms with Crippen molar-refractivity contribution in [2.45, 2.75) is 43.0 Å². The highest BCUT2D eigenvalue weighted by Crippen LogP contribution is 2.40. The minimum atomic E-state index is -3.72. The molecule has 6 nitrogen and oxygen atoms in total. The Kier molecular flexibility index (Phi) is 6.74. The molecule has 0 aliphatic heterocycles. The second-order valence-corrected chi connectivity index (χ2v) is 10.1. The number of hydrogen-bond acceptors (Lipinski definition) is 4. The Hall–Kier alpha value is -2.55. The number of sulfonamides is 1. The molecule has 2 unspecified atom stereocenters. The minimum Gasteiger partial charge on any atom is -0.319 e. The van der Waals surface area contributed by atoms with Gasteiger partial charge in [0.2, 0.25) is 10.0 Å². The van der Waals surface area contributed by atoms with E-state index in [1.807, 2.05) is 13.1 Å². The van der Waals surface area contributed by atoms with Crippen LogP contribution in [0.25, 0.3) is 0 Å². The number of nitrogens with one attached hydrogen (secondary N) is 1. The molecule has 3 N–H and O–H groups in total. The molecule has 1 heterocycles. The van der Waals surface area contributed by atoms with Crippen LogP contribution in [0.4, 0.5) is 4.39 Å². The fraction of sp³-hybridized carbons (Fsp3) is 0.375. The van der Waals surface area contributed by atoms with Gasteiger partial charge in [0.25, 0.3) is 0 Å². The number of hydrogen-bond donors (Lipinski definition) is 2. The Balaban J connectivity index is 1.46. The largest absolute Gasteiger partial charge is 0.319 e. The third-order valence-electron chi connectivity index (χ3n) is 6.26. The number of nitrogens with two attached hydrogens (primary N) is 1. The molecule has 32 heavy (non-hydrogen) atoms. The number of primary sulfonamides is 1. The van der Waals surface area contributed by atoms with Crippen LogP contribution in [0.1, 0.15) is 34.6 Å². The first-order valence-electron chi connectivity index (χ1n) is 10.9. The van der Waals surface area contributed by atoms with Crippen molar-refractivity contribution < 1.29 is 12.8 Å². The van der Waals surface area contributed by atoms with Gasteiger partial charge in [-0.3, -0.25) is 4.68 Å². The lowest BCUT2D eigenvalue weighted by atomic mass is 9.86. The van der Waals surface area contributed by atoms with Gasteiger partial charge in [0, 0.05) is 12.7 Å². The van der Waals surface area contributed by atoms with Crippen molar-refractivity contribution in [1.29, 1.82) is 0 Å². The van der Waals surface area contributed by atoms with Crippen LogP contribution in [0.5, 0.6) is 0 Å². The summed E-state index contributed by atoms with van der Waals surface area (Å²) in [7, 11) is -1.75. The average molecular weight is 457 g/mol. The van der Waals surface area contributed by atoms with Crippen LogP contribution in [0, 0.1) is 11.7 Å². The number of rotatable bonds is 9. The van der Waals surface area contributed by atoms with Crippen LogP contribution in [-0.2, 0) is 35.8 Å². The topological polar surface area (TPSA) is 90.0 Å². The van der Waals surface area contributed by atoms with Crippen molar-refractivity contribution in [2.24, 2.45) is 11.1 Å². The van der Waals surface area contributed by atoms with Crippen molar-refractivity contribution in [2.75, 3.05) is 13.6 Å². The normalized spacial score (nSPS) is 18.1. The van der Waals surface area contributed by atoms with Gasteiger partial charge in [0.05, 0.1) is 6.20 Å². The Bertz CT molecular complexity index is 1190. The van der Waals surface area contributed by atoms with Crippen molar-refractivity contribution in [1.82, 2.24) is 15.1 Å². The van der Waals surface area contributed by atoms with Gasteiger partial charge in [0.15, 0.2) is 0 Å². The lowest BCUT2D eigenvalue weighted by Gasteiger charge is -2.21. The lowest BCUT2D eigenvalue weighted by Crippen LogP contribution is -2.23. The molecule has 3 aromatic rings. The highest BCUT2D eigenvalue weighted by molar-refractivity contribution is 7.89. The van der Waals surface area contributed by atoms with Gasteiger partial charge < -0.3 is 5.32 Å². The number of benzene rings is 2. The Morgan fingerprint density at radius 2 is 2.06 bits per heavy atom. The molecule has 0 fully saturated rings. The summed E-state index contributed by atoms with van der Waals surface area (Å²) in [6.45, 7) is 1.54. The maximum Gasteiger partial charge on any atom is 0.241 e. The first-order chi connectivity index (χ1) is 15.3. The van der Waals surface area contributed by atoms with E-state index in [1.165, 1.54) is 35.2 Å². The summed E-state index contributed by atoms with van der Waals surface area (Å²) in [5.74, 6) is 0.640. The van der Waals surface area contributed by atoms with E-state index in [9.17, 15) is 12.8 Å². The van der Waals surface area contributed by atoms with E-state index >= 15 is 0 Å². The van der Waals surface area contributed by atoms with Gasteiger partial charge in [-0.05, 0) is 85.5 Å². The van der Waals surface area contributed by atoms with Gasteiger partial charge in [-0.2, -0.15) is 5.10 Å². The summed E-state index contributed by atoms with van der Waals surface area (Å²) in [4.78, 5) is 0.0331. The molecule has 0 amide bonds. The Labute approximate surface area is 188 Å². The number of fused-ring (bicyclic) bond motifs is 1. The number of aryl methyl sites for hydroxylation is 2. The molecule has 0 radical (unpaired) electrons. The van der Waals surface area contributed by atoms with Gasteiger partial charge >= 0.3 is 0 Å². The van der Waals surface area contributed by atoms with Gasteiger partial charge in [-0.1, -0.05) is 30.3 Å². The third-order valence-corrected chi connectivity index (χ3v) is 7.13. The molecule has 0 saturated carbocycles. The maximum absolute atomic E-state index is 13.7. The molecule has 0 bridgehead atoms. The van der Waals surface area contributed by atoms with Crippen LogP contribution >= 0.6 is 0 Å². The molecular formula is C24H29FN4O2S. The second kappa shape index (κ2) is 9.52. The number of nitrogens with zero attached hydrogens (tertiary/aromatic N) is 2. The molecule has 0 saturated heterocycles. The first-order valence-corrected chi connectivity index (χ1v) is 12.4. The van der Waals surface area contributed by atoms with Crippen molar-refractivity contribution >= 4 is 10.0 Å². The van der Waals surface area contributed by atoms with E-state index in [4.69, 9.17) is 5.14 Å². The van der Waals surface area contributed by atoms with Gasteiger partial charge in [-0.15, -0.1) is 0 Å². The minimum absolute atomic E-state index is 0.0331. The monoisotopic (exact) mass is 456 g/mol. The van der Waals surface area contributed by atoms with Crippen molar-refractivity contribution in [3.8, 4) is 0 Å². The summed E-state index contributed by atoms with van der Waals surface area (Å²) in [6.07, 6.45) is 6.30. The molecule has 2 atom stereocenters. The molecule has 0 spiro atoms. The van der Waals surface area contributed by atoms with E-state index < -0.39 is 10.0 Å². The van der Waals surface area contributed by atoms with Crippen LogP contribution in [0.2, 0.25) is 0 Å². The molecule has 2 aromatic carbocycles.